The number of ether oxygens (including phenoxy) is 2. The van der Waals surface area contributed by atoms with Crippen LogP contribution in [0.3, 0.4) is 0 Å². The highest BCUT2D eigenvalue weighted by molar-refractivity contribution is 6.08. The molecule has 0 saturated heterocycles. The number of nitrogens with zero attached hydrogens (tertiary/aromatic N) is 4. The maximum absolute atomic E-state index is 12.4. The molecule has 0 unspecified atom stereocenters. The number of anilines is 1. The number of carbonyl (C=O) groups is 2. The second-order valence-corrected chi connectivity index (χ2v) is 7.04. The van der Waals surface area contributed by atoms with Crippen LogP contribution in [0.4, 0.5) is 15.4 Å². The van der Waals surface area contributed by atoms with E-state index in [2.05, 4.69) is 15.1 Å². The fourth-order valence-electron chi connectivity index (χ4n) is 1.50. The van der Waals surface area contributed by atoms with Gasteiger partial charge in [-0.25, -0.2) is 19.6 Å². The van der Waals surface area contributed by atoms with Gasteiger partial charge in [-0.1, -0.05) is 5.16 Å². The molecule has 0 aliphatic carbocycles. The van der Waals surface area contributed by atoms with Crippen molar-refractivity contribution in [3.63, 3.8) is 0 Å². The van der Waals surface area contributed by atoms with Crippen LogP contribution in [0, 0.1) is 0 Å². The highest BCUT2D eigenvalue weighted by Crippen LogP contribution is 2.19. The third kappa shape index (κ3) is 6.24. The molecular formula is C15H23N5O5. The lowest BCUT2D eigenvalue weighted by Gasteiger charge is -2.27. The molecule has 1 aromatic heterocycles. The van der Waals surface area contributed by atoms with Gasteiger partial charge in [-0.3, -0.25) is 0 Å². The van der Waals surface area contributed by atoms with Crippen LogP contribution in [-0.4, -0.2) is 44.4 Å². The van der Waals surface area contributed by atoms with Crippen molar-refractivity contribution in [2.24, 2.45) is 10.9 Å². The average molecular weight is 353 g/mol. The molecule has 3 N–H and O–H groups in total. The quantitative estimate of drug-likeness (QED) is 0.357. The summed E-state index contributed by atoms with van der Waals surface area (Å²) >= 11 is 0. The largest absolute Gasteiger partial charge is 0.443 e. The SMILES string of the molecule is CC(C)(C)OC(=O)N(C(=O)OC(C)(C)C)c1cnc(C(N)=NO)cn1. The Morgan fingerprint density at radius 1 is 1.04 bits per heavy atom. The maximum atomic E-state index is 12.4. The molecule has 0 atom stereocenters. The van der Waals surface area contributed by atoms with Gasteiger partial charge in [-0.2, -0.15) is 4.90 Å². The van der Waals surface area contributed by atoms with E-state index in [9.17, 15) is 9.59 Å². The molecular weight excluding hydrogens is 330 g/mol. The van der Waals surface area contributed by atoms with Gasteiger partial charge in [0.15, 0.2) is 11.7 Å². The van der Waals surface area contributed by atoms with E-state index in [1.54, 1.807) is 41.5 Å². The van der Waals surface area contributed by atoms with E-state index in [1.807, 2.05) is 0 Å². The molecule has 0 saturated carbocycles. The summed E-state index contributed by atoms with van der Waals surface area (Å²) in [5.41, 5.74) is 3.81. The second kappa shape index (κ2) is 7.32. The molecule has 0 fully saturated rings. The number of hydrogen-bond acceptors (Lipinski definition) is 8. The normalized spacial score (nSPS) is 12.5. The van der Waals surface area contributed by atoms with Gasteiger partial charge in [0.25, 0.3) is 0 Å². The monoisotopic (exact) mass is 353 g/mol. The molecule has 0 spiro atoms. The fraction of sp³-hybridized carbons (Fsp3) is 0.533. The molecule has 0 aliphatic heterocycles. The summed E-state index contributed by atoms with van der Waals surface area (Å²) in [6, 6.07) is 0. The van der Waals surface area contributed by atoms with Crippen LogP contribution in [0.2, 0.25) is 0 Å². The summed E-state index contributed by atoms with van der Waals surface area (Å²) in [4.78, 5) is 33.3. The minimum absolute atomic E-state index is 0.0691. The Kier molecular flexibility index (Phi) is 5.90. The number of carbonyl (C=O) groups excluding carboxylic acids is 2. The Hall–Kier alpha value is -2.91. The minimum Gasteiger partial charge on any atom is -0.443 e. The molecule has 138 valence electrons. The zero-order valence-corrected chi connectivity index (χ0v) is 15.1. The van der Waals surface area contributed by atoms with Crippen molar-refractivity contribution in [2.75, 3.05) is 4.90 Å². The third-order valence-corrected chi connectivity index (χ3v) is 2.39. The summed E-state index contributed by atoms with van der Waals surface area (Å²) in [6.07, 6.45) is 0.327. The summed E-state index contributed by atoms with van der Waals surface area (Å²) in [6.45, 7) is 9.95. The van der Waals surface area contributed by atoms with Crippen molar-refractivity contribution in [1.82, 2.24) is 9.97 Å². The van der Waals surface area contributed by atoms with Crippen LogP contribution in [0.25, 0.3) is 0 Å². The second-order valence-electron chi connectivity index (χ2n) is 7.04. The summed E-state index contributed by atoms with van der Waals surface area (Å²) < 4.78 is 10.4. The summed E-state index contributed by atoms with van der Waals surface area (Å²) in [7, 11) is 0. The van der Waals surface area contributed by atoms with Crippen LogP contribution in [-0.2, 0) is 9.47 Å². The topological polar surface area (TPSA) is 140 Å². The fourth-order valence-corrected chi connectivity index (χ4v) is 1.50. The maximum Gasteiger partial charge on any atom is 0.425 e. The first-order chi connectivity index (χ1) is 11.3. The number of rotatable bonds is 2. The lowest BCUT2D eigenvalue weighted by Crippen LogP contribution is -2.44. The van der Waals surface area contributed by atoms with Crippen molar-refractivity contribution >= 4 is 23.8 Å². The molecule has 0 radical (unpaired) electrons. The van der Waals surface area contributed by atoms with Crippen LogP contribution < -0.4 is 10.6 Å². The predicted molar refractivity (Wildman–Crippen MR) is 89.5 cm³/mol. The summed E-state index contributed by atoms with van der Waals surface area (Å²) in [5.74, 6) is -0.391. The lowest BCUT2D eigenvalue weighted by molar-refractivity contribution is 0.0429. The van der Waals surface area contributed by atoms with Gasteiger partial charge in [0.1, 0.15) is 16.9 Å². The van der Waals surface area contributed by atoms with Crippen molar-refractivity contribution in [2.45, 2.75) is 52.7 Å². The number of aromatic nitrogens is 2. The Bertz CT molecular complexity index is 630. The molecule has 0 aromatic carbocycles. The first-order valence-corrected chi connectivity index (χ1v) is 7.40. The van der Waals surface area contributed by atoms with Gasteiger partial charge < -0.3 is 20.4 Å². The van der Waals surface area contributed by atoms with Crippen molar-refractivity contribution in [1.29, 1.82) is 0 Å². The Morgan fingerprint density at radius 2 is 1.52 bits per heavy atom. The lowest BCUT2D eigenvalue weighted by atomic mass is 10.2. The smallest absolute Gasteiger partial charge is 0.425 e. The number of hydrogen-bond donors (Lipinski definition) is 2. The van der Waals surface area contributed by atoms with E-state index in [0.717, 1.165) is 12.4 Å². The van der Waals surface area contributed by atoms with Gasteiger partial charge >= 0.3 is 12.2 Å². The first kappa shape index (κ1) is 20.1. The highest BCUT2D eigenvalue weighted by atomic mass is 16.6. The van der Waals surface area contributed by atoms with Crippen LogP contribution in [0.5, 0.6) is 0 Å². The van der Waals surface area contributed by atoms with Gasteiger partial charge in [0.05, 0.1) is 12.4 Å². The van der Waals surface area contributed by atoms with E-state index in [0.29, 0.717) is 4.90 Å². The predicted octanol–water partition coefficient (Wildman–Crippen LogP) is 2.25. The molecule has 25 heavy (non-hydrogen) atoms. The standard InChI is InChI=1S/C15H23N5O5/c1-14(2,3)24-12(21)20(13(22)25-15(4,5)6)10-8-17-9(7-18-10)11(16)19-23/h7-8,23H,1-6H3,(H2,16,19). The van der Waals surface area contributed by atoms with Gasteiger partial charge in [0, 0.05) is 0 Å². The van der Waals surface area contributed by atoms with Crippen LogP contribution in [0.15, 0.2) is 17.5 Å². The van der Waals surface area contributed by atoms with Gasteiger partial charge in [-0.05, 0) is 41.5 Å². The number of oxime groups is 1. The third-order valence-electron chi connectivity index (χ3n) is 2.39. The molecule has 10 nitrogen and oxygen atoms in total. The molecule has 10 heteroatoms. The Morgan fingerprint density at radius 3 is 1.84 bits per heavy atom. The minimum atomic E-state index is -0.965. The van der Waals surface area contributed by atoms with Crippen LogP contribution >= 0.6 is 0 Å². The Balaban J connectivity index is 3.22. The van der Waals surface area contributed by atoms with Crippen molar-refractivity contribution in [3.05, 3.63) is 18.1 Å². The molecule has 1 heterocycles. The summed E-state index contributed by atoms with van der Waals surface area (Å²) in [5, 5.41) is 11.4. The number of amidine groups is 1. The van der Waals surface area contributed by atoms with Crippen molar-refractivity contribution in [3.8, 4) is 0 Å². The highest BCUT2D eigenvalue weighted by Gasteiger charge is 2.33. The molecule has 0 bridgehead atoms. The average Bonchev–Trinajstić information content (AvgIpc) is 2.43. The molecule has 1 aromatic rings. The van der Waals surface area contributed by atoms with Gasteiger partial charge in [-0.15, -0.1) is 0 Å². The van der Waals surface area contributed by atoms with Crippen LogP contribution in [0.1, 0.15) is 47.2 Å². The van der Waals surface area contributed by atoms with E-state index in [-0.39, 0.29) is 17.3 Å². The van der Waals surface area contributed by atoms with E-state index >= 15 is 0 Å². The Labute approximate surface area is 145 Å². The number of nitrogens with two attached hydrogens (primary N) is 1. The number of amides is 2. The number of imide groups is 1. The van der Waals surface area contributed by atoms with E-state index in [1.165, 1.54) is 0 Å². The van der Waals surface area contributed by atoms with Crippen molar-refractivity contribution < 1.29 is 24.3 Å². The van der Waals surface area contributed by atoms with E-state index < -0.39 is 23.4 Å². The van der Waals surface area contributed by atoms with E-state index in [4.69, 9.17) is 20.4 Å². The zero-order chi connectivity index (χ0) is 19.4. The molecule has 1 rings (SSSR count). The molecule has 0 aliphatic rings. The van der Waals surface area contributed by atoms with Gasteiger partial charge in [0.2, 0.25) is 0 Å². The zero-order valence-electron chi connectivity index (χ0n) is 15.1. The molecule has 2 amide bonds. The first-order valence-electron chi connectivity index (χ1n) is 7.40.